The van der Waals surface area contributed by atoms with E-state index in [1.165, 1.54) is 0 Å². The first kappa shape index (κ1) is 15.9. The van der Waals surface area contributed by atoms with Crippen LogP contribution in [-0.4, -0.2) is 19.1 Å². The number of hydrogen-bond acceptors (Lipinski definition) is 5. The van der Waals surface area contributed by atoms with Crippen molar-refractivity contribution in [1.29, 1.82) is 0 Å². The standard InChI is InChI=1S/C20H14BrNO3S/c21-13-5-3-12(4-6-13)19-14-10-16-17(24-8-7-23-16)11-15(14)22-20(25-19)18-2-1-9-26-18/h1-6,9-11,19H,7-8H2. The Morgan fingerprint density at radius 1 is 1.00 bits per heavy atom. The van der Waals surface area contributed by atoms with E-state index in [0.717, 1.165) is 37.7 Å². The topological polar surface area (TPSA) is 40.0 Å². The Morgan fingerprint density at radius 2 is 1.77 bits per heavy atom. The Kier molecular flexibility index (Phi) is 3.94. The Labute approximate surface area is 163 Å². The lowest BCUT2D eigenvalue weighted by molar-refractivity contribution is 0.170. The van der Waals surface area contributed by atoms with Crippen molar-refractivity contribution in [3.05, 3.63) is 74.4 Å². The van der Waals surface area contributed by atoms with Crippen molar-refractivity contribution < 1.29 is 14.2 Å². The van der Waals surface area contributed by atoms with Gasteiger partial charge in [-0.15, -0.1) is 11.3 Å². The molecule has 1 unspecified atom stereocenters. The Balaban J connectivity index is 1.67. The third kappa shape index (κ3) is 2.79. The van der Waals surface area contributed by atoms with Gasteiger partial charge in [-0.05, 0) is 35.2 Å². The van der Waals surface area contributed by atoms with E-state index < -0.39 is 0 Å². The minimum atomic E-state index is -0.247. The zero-order valence-electron chi connectivity index (χ0n) is 13.6. The van der Waals surface area contributed by atoms with Gasteiger partial charge in [-0.25, -0.2) is 4.99 Å². The maximum absolute atomic E-state index is 6.32. The molecule has 0 saturated heterocycles. The smallest absolute Gasteiger partial charge is 0.232 e. The number of benzene rings is 2. The highest BCUT2D eigenvalue weighted by Gasteiger charge is 2.29. The molecule has 6 heteroatoms. The van der Waals surface area contributed by atoms with Gasteiger partial charge in [0.2, 0.25) is 5.90 Å². The third-order valence-corrected chi connectivity index (χ3v) is 5.72. The van der Waals surface area contributed by atoms with Crippen LogP contribution in [0.3, 0.4) is 0 Å². The second-order valence-corrected chi connectivity index (χ2v) is 7.86. The second kappa shape index (κ2) is 6.45. The van der Waals surface area contributed by atoms with Crippen LogP contribution in [0.25, 0.3) is 0 Å². The van der Waals surface area contributed by atoms with Crippen LogP contribution in [0.4, 0.5) is 5.69 Å². The molecule has 26 heavy (non-hydrogen) atoms. The van der Waals surface area contributed by atoms with Gasteiger partial charge in [0.15, 0.2) is 17.6 Å². The lowest BCUT2D eigenvalue weighted by Gasteiger charge is -2.28. The zero-order chi connectivity index (χ0) is 17.5. The summed E-state index contributed by atoms with van der Waals surface area (Å²) >= 11 is 5.11. The van der Waals surface area contributed by atoms with E-state index in [1.54, 1.807) is 11.3 Å². The summed E-state index contributed by atoms with van der Waals surface area (Å²) in [4.78, 5) is 5.76. The molecule has 3 aromatic rings. The molecule has 4 nitrogen and oxygen atoms in total. The summed E-state index contributed by atoms with van der Waals surface area (Å²) in [7, 11) is 0. The highest BCUT2D eigenvalue weighted by molar-refractivity contribution is 9.10. The number of aliphatic imine (C=N–C) groups is 1. The fraction of sp³-hybridized carbons (Fsp3) is 0.150. The highest BCUT2D eigenvalue weighted by Crippen LogP contribution is 2.45. The monoisotopic (exact) mass is 427 g/mol. The van der Waals surface area contributed by atoms with Crippen LogP contribution in [0, 0.1) is 0 Å². The van der Waals surface area contributed by atoms with Crippen molar-refractivity contribution in [3.8, 4) is 11.5 Å². The van der Waals surface area contributed by atoms with E-state index in [2.05, 4.69) is 28.1 Å². The van der Waals surface area contributed by atoms with Gasteiger partial charge < -0.3 is 14.2 Å². The molecule has 0 radical (unpaired) electrons. The van der Waals surface area contributed by atoms with E-state index >= 15 is 0 Å². The molecule has 0 aliphatic carbocycles. The maximum Gasteiger partial charge on any atom is 0.232 e. The van der Waals surface area contributed by atoms with Crippen molar-refractivity contribution >= 4 is 38.9 Å². The van der Waals surface area contributed by atoms with Crippen molar-refractivity contribution in [3.63, 3.8) is 0 Å². The van der Waals surface area contributed by atoms with Gasteiger partial charge in [0.05, 0.1) is 10.6 Å². The molecule has 130 valence electrons. The molecule has 0 spiro atoms. The van der Waals surface area contributed by atoms with Gasteiger partial charge >= 0.3 is 0 Å². The summed E-state index contributed by atoms with van der Waals surface area (Å²) in [6.07, 6.45) is -0.247. The molecule has 0 fully saturated rings. The molecule has 2 aromatic carbocycles. The molecule has 1 atom stereocenters. The van der Waals surface area contributed by atoms with Gasteiger partial charge in [-0.1, -0.05) is 34.1 Å². The summed E-state index contributed by atoms with van der Waals surface area (Å²) in [5.74, 6) is 2.12. The van der Waals surface area contributed by atoms with E-state index in [0.29, 0.717) is 19.1 Å². The Hall–Kier alpha value is -2.31. The van der Waals surface area contributed by atoms with E-state index in [-0.39, 0.29) is 6.10 Å². The normalized spacial score (nSPS) is 17.9. The molecular weight excluding hydrogens is 414 g/mol. The van der Waals surface area contributed by atoms with E-state index in [4.69, 9.17) is 19.2 Å². The zero-order valence-corrected chi connectivity index (χ0v) is 16.0. The summed E-state index contributed by atoms with van der Waals surface area (Å²) < 4.78 is 18.8. The molecular formula is C20H14BrNO3S. The highest BCUT2D eigenvalue weighted by atomic mass is 79.9. The number of fused-ring (bicyclic) bond motifs is 2. The second-order valence-electron chi connectivity index (χ2n) is 6.00. The predicted molar refractivity (Wildman–Crippen MR) is 105 cm³/mol. The molecule has 5 rings (SSSR count). The van der Waals surface area contributed by atoms with Crippen LogP contribution in [0.5, 0.6) is 11.5 Å². The summed E-state index contributed by atoms with van der Waals surface area (Å²) in [5.41, 5.74) is 2.91. The summed E-state index contributed by atoms with van der Waals surface area (Å²) in [6, 6.07) is 16.1. The molecule has 2 aliphatic rings. The van der Waals surface area contributed by atoms with Crippen LogP contribution in [0.2, 0.25) is 0 Å². The number of thiophene rings is 1. The average Bonchev–Trinajstić information content (AvgIpc) is 3.21. The first-order chi connectivity index (χ1) is 12.8. The third-order valence-electron chi connectivity index (χ3n) is 4.33. The van der Waals surface area contributed by atoms with Crippen molar-refractivity contribution in [2.24, 2.45) is 4.99 Å². The number of halogens is 1. The SMILES string of the molecule is Brc1ccc(C2OC(c3cccs3)=Nc3cc4c(cc32)OCCO4)cc1. The van der Waals surface area contributed by atoms with Crippen LogP contribution >= 0.6 is 27.3 Å². The number of ether oxygens (including phenoxy) is 3. The van der Waals surface area contributed by atoms with Gasteiger partial charge in [-0.2, -0.15) is 0 Å². The number of hydrogen-bond donors (Lipinski definition) is 0. The minimum absolute atomic E-state index is 0.247. The fourth-order valence-electron chi connectivity index (χ4n) is 3.11. The molecule has 1 aromatic heterocycles. The van der Waals surface area contributed by atoms with E-state index in [1.807, 2.05) is 41.8 Å². The quantitative estimate of drug-likeness (QED) is 0.543. The van der Waals surface area contributed by atoms with Crippen LogP contribution < -0.4 is 9.47 Å². The molecule has 0 N–H and O–H groups in total. The fourth-order valence-corrected chi connectivity index (χ4v) is 4.03. The van der Waals surface area contributed by atoms with Crippen LogP contribution in [0.15, 0.2) is 63.4 Å². The van der Waals surface area contributed by atoms with Crippen molar-refractivity contribution in [2.75, 3.05) is 13.2 Å². The number of rotatable bonds is 2. The Bertz CT molecular complexity index is 983. The largest absolute Gasteiger partial charge is 0.486 e. The van der Waals surface area contributed by atoms with Gasteiger partial charge in [0.25, 0.3) is 0 Å². The predicted octanol–water partition coefficient (Wildman–Crippen LogP) is 5.48. The first-order valence-electron chi connectivity index (χ1n) is 8.26. The molecule has 0 amide bonds. The molecule has 2 aliphatic heterocycles. The summed E-state index contributed by atoms with van der Waals surface area (Å²) in [6.45, 7) is 1.11. The minimum Gasteiger partial charge on any atom is -0.486 e. The van der Waals surface area contributed by atoms with E-state index in [9.17, 15) is 0 Å². The molecule has 0 bridgehead atoms. The molecule has 3 heterocycles. The van der Waals surface area contributed by atoms with Gasteiger partial charge in [0.1, 0.15) is 13.2 Å². The van der Waals surface area contributed by atoms with Crippen molar-refractivity contribution in [1.82, 2.24) is 0 Å². The first-order valence-corrected chi connectivity index (χ1v) is 9.93. The number of nitrogens with zero attached hydrogens (tertiary/aromatic N) is 1. The van der Waals surface area contributed by atoms with Gasteiger partial charge in [0, 0.05) is 16.1 Å². The van der Waals surface area contributed by atoms with Crippen molar-refractivity contribution in [2.45, 2.75) is 6.10 Å². The lowest BCUT2D eigenvalue weighted by Crippen LogP contribution is -2.19. The maximum atomic E-state index is 6.32. The van der Waals surface area contributed by atoms with Crippen LogP contribution in [0.1, 0.15) is 22.1 Å². The van der Waals surface area contributed by atoms with Crippen LogP contribution in [-0.2, 0) is 4.74 Å². The average molecular weight is 428 g/mol. The Morgan fingerprint density at radius 3 is 2.50 bits per heavy atom. The summed E-state index contributed by atoms with van der Waals surface area (Å²) in [5, 5.41) is 2.02. The van der Waals surface area contributed by atoms with Gasteiger partial charge in [-0.3, -0.25) is 0 Å². The molecule has 0 saturated carbocycles. The lowest BCUT2D eigenvalue weighted by atomic mass is 9.98.